The highest BCUT2D eigenvalue weighted by atomic mass is 16.1. The maximum Gasteiger partial charge on any atom is 0.299 e. The van der Waals surface area contributed by atoms with E-state index in [4.69, 9.17) is 0 Å². The molecule has 164 valence electrons. The van der Waals surface area contributed by atoms with Gasteiger partial charge in [-0.25, -0.2) is 4.98 Å². The first kappa shape index (κ1) is 21.3. The van der Waals surface area contributed by atoms with Crippen LogP contribution in [-0.4, -0.2) is 53.0 Å². The summed E-state index contributed by atoms with van der Waals surface area (Å²) >= 11 is 0. The fourth-order valence-electron chi connectivity index (χ4n) is 4.01. The van der Waals surface area contributed by atoms with E-state index in [1.54, 1.807) is 10.8 Å². The van der Waals surface area contributed by atoms with Gasteiger partial charge in [0.05, 0.1) is 6.04 Å². The van der Waals surface area contributed by atoms with Gasteiger partial charge in [0, 0.05) is 37.6 Å². The van der Waals surface area contributed by atoms with Crippen molar-refractivity contribution in [3.63, 3.8) is 0 Å². The molecule has 8 nitrogen and oxygen atoms in total. The van der Waals surface area contributed by atoms with Gasteiger partial charge in [0.15, 0.2) is 11.7 Å². The second-order valence-corrected chi connectivity index (χ2v) is 7.77. The fourth-order valence-corrected chi connectivity index (χ4v) is 4.01. The standard InChI is InChI=1S/C24H26N6O2/c1-16-9-10-20-21(19(16)14-25-15-31)23(28-29(20)3)30-17(2)13-27-22(24(30)32)26-12-11-18-7-5-4-6-8-18/h4-10,13,15,20H,1,11-12,14H2,2-3H3,(H,25,31)(H,26,27). The van der Waals surface area contributed by atoms with E-state index in [0.29, 0.717) is 31.0 Å². The van der Waals surface area contributed by atoms with E-state index in [9.17, 15) is 9.59 Å². The first-order valence-electron chi connectivity index (χ1n) is 10.5. The van der Waals surface area contributed by atoms with Crippen LogP contribution in [0.5, 0.6) is 0 Å². The quantitative estimate of drug-likeness (QED) is 0.654. The van der Waals surface area contributed by atoms with Crippen LogP contribution >= 0.6 is 0 Å². The molecule has 1 atom stereocenters. The smallest absolute Gasteiger partial charge is 0.299 e. The molecule has 1 aliphatic carbocycles. The molecule has 2 N–H and O–H groups in total. The Labute approximate surface area is 186 Å². The Morgan fingerprint density at radius 2 is 2.03 bits per heavy atom. The largest absolute Gasteiger partial charge is 0.365 e. The van der Waals surface area contributed by atoms with Crippen LogP contribution in [0.25, 0.3) is 0 Å². The predicted molar refractivity (Wildman–Crippen MR) is 126 cm³/mol. The minimum atomic E-state index is -0.263. The Bertz CT molecular complexity index is 1190. The van der Waals surface area contributed by atoms with Crippen molar-refractivity contribution in [2.45, 2.75) is 19.4 Å². The number of hydrogen-bond acceptors (Lipinski definition) is 6. The number of nitrogens with zero attached hydrogens (tertiary/aromatic N) is 4. The molecular formula is C24H26N6O2. The van der Waals surface area contributed by atoms with Gasteiger partial charge in [0.1, 0.15) is 0 Å². The zero-order valence-corrected chi connectivity index (χ0v) is 18.2. The number of nitrogens with one attached hydrogen (secondary N) is 2. The summed E-state index contributed by atoms with van der Waals surface area (Å²) in [4.78, 5) is 28.7. The van der Waals surface area contributed by atoms with Crippen LogP contribution in [-0.2, 0) is 11.2 Å². The van der Waals surface area contributed by atoms with Crippen molar-refractivity contribution < 1.29 is 4.79 Å². The number of benzene rings is 1. The van der Waals surface area contributed by atoms with Crippen molar-refractivity contribution in [3.8, 4) is 0 Å². The third kappa shape index (κ3) is 3.99. The molecule has 0 spiro atoms. The van der Waals surface area contributed by atoms with E-state index < -0.39 is 0 Å². The van der Waals surface area contributed by atoms with E-state index in [0.717, 1.165) is 23.1 Å². The van der Waals surface area contributed by atoms with Gasteiger partial charge in [-0.15, -0.1) is 0 Å². The van der Waals surface area contributed by atoms with Crippen LogP contribution in [0.3, 0.4) is 0 Å². The highest BCUT2D eigenvalue weighted by Gasteiger charge is 2.35. The second kappa shape index (κ2) is 9.05. The van der Waals surface area contributed by atoms with Gasteiger partial charge in [-0.2, -0.15) is 5.10 Å². The molecule has 2 aliphatic rings. The molecule has 0 bridgehead atoms. The number of hydrogen-bond donors (Lipinski definition) is 2. The molecule has 1 unspecified atom stereocenters. The van der Waals surface area contributed by atoms with Crippen molar-refractivity contribution in [2.24, 2.45) is 5.10 Å². The van der Waals surface area contributed by atoms with Crippen molar-refractivity contribution in [1.29, 1.82) is 0 Å². The number of fused-ring (bicyclic) bond motifs is 1. The monoisotopic (exact) mass is 430 g/mol. The SMILES string of the molecule is C=C1C=CC2C(=C1CNC=O)C(n1c(C)cnc(NCCc3ccccc3)c1=O)=NN2C. The van der Waals surface area contributed by atoms with Gasteiger partial charge in [0.25, 0.3) is 5.56 Å². The lowest BCUT2D eigenvalue weighted by Gasteiger charge is -2.24. The lowest BCUT2D eigenvalue weighted by Crippen LogP contribution is -2.35. The third-order valence-corrected chi connectivity index (χ3v) is 5.65. The number of anilines is 1. The summed E-state index contributed by atoms with van der Waals surface area (Å²) in [5.41, 5.74) is 4.10. The van der Waals surface area contributed by atoms with E-state index in [2.05, 4.69) is 39.4 Å². The number of amides is 1. The molecule has 1 aliphatic heterocycles. The molecule has 0 saturated carbocycles. The predicted octanol–water partition coefficient (Wildman–Crippen LogP) is 1.85. The van der Waals surface area contributed by atoms with Crippen LogP contribution in [0.15, 0.2) is 81.9 Å². The van der Waals surface area contributed by atoms with Crippen LogP contribution in [0.2, 0.25) is 0 Å². The molecular weight excluding hydrogens is 404 g/mol. The van der Waals surface area contributed by atoms with Crippen molar-refractivity contribution in [2.75, 3.05) is 25.5 Å². The summed E-state index contributed by atoms with van der Waals surface area (Å²) in [6.45, 7) is 6.83. The molecule has 0 radical (unpaired) electrons. The number of allylic oxidation sites excluding steroid dienone is 1. The molecule has 1 aromatic carbocycles. The Balaban J connectivity index is 1.68. The van der Waals surface area contributed by atoms with Crippen LogP contribution < -0.4 is 16.2 Å². The first-order chi connectivity index (χ1) is 15.5. The molecule has 8 heteroatoms. The first-order valence-corrected chi connectivity index (χ1v) is 10.5. The number of likely N-dealkylation sites (N-methyl/N-ethyl adjacent to an activating group) is 1. The summed E-state index contributed by atoms with van der Waals surface area (Å²) in [6, 6.07) is 9.94. The van der Waals surface area contributed by atoms with Gasteiger partial charge >= 0.3 is 0 Å². The van der Waals surface area contributed by atoms with E-state index in [-0.39, 0.29) is 17.4 Å². The summed E-state index contributed by atoms with van der Waals surface area (Å²) in [5.74, 6) is 0.806. The van der Waals surface area contributed by atoms with Crippen molar-refractivity contribution in [1.82, 2.24) is 19.9 Å². The Hall–Kier alpha value is -3.94. The minimum Gasteiger partial charge on any atom is -0.365 e. The molecule has 4 rings (SSSR count). The zero-order chi connectivity index (χ0) is 22.7. The Morgan fingerprint density at radius 1 is 1.25 bits per heavy atom. The number of carbonyl (C=O) groups excluding carboxylic acids is 1. The molecule has 32 heavy (non-hydrogen) atoms. The van der Waals surface area contributed by atoms with Crippen molar-refractivity contribution in [3.05, 3.63) is 93.6 Å². The fraction of sp³-hybridized carbons (Fsp3) is 0.250. The van der Waals surface area contributed by atoms with Crippen LogP contribution in [0.1, 0.15) is 11.3 Å². The second-order valence-electron chi connectivity index (χ2n) is 7.77. The summed E-state index contributed by atoms with van der Waals surface area (Å²) in [5, 5.41) is 12.4. The maximum atomic E-state index is 13.4. The molecule has 1 aromatic heterocycles. The van der Waals surface area contributed by atoms with Gasteiger partial charge in [0.2, 0.25) is 6.41 Å². The molecule has 0 fully saturated rings. The van der Waals surface area contributed by atoms with Crippen LogP contribution in [0, 0.1) is 6.92 Å². The topological polar surface area (TPSA) is 91.6 Å². The maximum absolute atomic E-state index is 13.4. The molecule has 0 saturated heterocycles. The molecule has 2 aromatic rings. The molecule has 1 amide bonds. The molecule has 2 heterocycles. The number of carbonyl (C=O) groups is 1. The summed E-state index contributed by atoms with van der Waals surface area (Å²) in [7, 11) is 1.86. The Morgan fingerprint density at radius 3 is 2.78 bits per heavy atom. The van der Waals surface area contributed by atoms with Crippen LogP contribution in [0.4, 0.5) is 5.82 Å². The highest BCUT2D eigenvalue weighted by molar-refractivity contribution is 6.05. The Kier molecular flexibility index (Phi) is 6.02. The highest BCUT2D eigenvalue weighted by Crippen LogP contribution is 2.32. The van der Waals surface area contributed by atoms with Gasteiger partial charge in [-0.1, -0.05) is 49.1 Å². The van der Waals surface area contributed by atoms with E-state index in [1.165, 1.54) is 5.56 Å². The van der Waals surface area contributed by atoms with Crippen molar-refractivity contribution >= 4 is 18.1 Å². The van der Waals surface area contributed by atoms with E-state index in [1.807, 2.05) is 49.3 Å². The number of rotatable bonds is 7. The average molecular weight is 431 g/mol. The van der Waals surface area contributed by atoms with E-state index >= 15 is 0 Å². The summed E-state index contributed by atoms with van der Waals surface area (Å²) in [6.07, 6.45) is 7.02. The number of aromatic nitrogens is 2. The number of hydrazone groups is 1. The summed E-state index contributed by atoms with van der Waals surface area (Å²) < 4.78 is 1.58. The zero-order valence-electron chi connectivity index (χ0n) is 18.2. The third-order valence-electron chi connectivity index (χ3n) is 5.65. The number of aryl methyl sites for hydroxylation is 1. The van der Waals surface area contributed by atoms with Gasteiger partial charge in [-0.05, 0) is 30.1 Å². The lowest BCUT2D eigenvalue weighted by atomic mass is 9.89. The average Bonchev–Trinajstić information content (AvgIpc) is 3.11. The normalized spacial score (nSPS) is 17.3. The van der Waals surface area contributed by atoms with Gasteiger partial charge < -0.3 is 10.6 Å². The minimum absolute atomic E-state index is 0.132. The van der Waals surface area contributed by atoms with Gasteiger partial charge in [-0.3, -0.25) is 19.2 Å². The lowest BCUT2D eigenvalue weighted by molar-refractivity contribution is -0.109.